The number of aryl methyl sites for hydroxylation is 1. The van der Waals surface area contributed by atoms with Crippen LogP contribution in [0.15, 0.2) is 18.2 Å². The largest absolute Gasteiger partial charge is 0.484 e. The predicted molar refractivity (Wildman–Crippen MR) is 125 cm³/mol. The number of rotatable bonds is 8. The molecule has 30 heavy (non-hydrogen) atoms. The molecule has 2 aromatic rings. The van der Waals surface area contributed by atoms with Crippen molar-refractivity contribution in [2.24, 2.45) is 5.92 Å². The second-order valence-electron chi connectivity index (χ2n) is 9.20. The van der Waals surface area contributed by atoms with Gasteiger partial charge in [0.15, 0.2) is 0 Å². The maximum atomic E-state index is 11.4. The first kappa shape index (κ1) is 23.3. The number of benzene rings is 1. The van der Waals surface area contributed by atoms with Crippen LogP contribution in [0.4, 0.5) is 0 Å². The van der Waals surface area contributed by atoms with Crippen LogP contribution >= 0.6 is 11.6 Å². The third-order valence-electron chi connectivity index (χ3n) is 6.72. The van der Waals surface area contributed by atoms with E-state index in [-0.39, 0.29) is 6.04 Å². The summed E-state index contributed by atoms with van der Waals surface area (Å²) in [5.74, 6) is 1.51. The van der Waals surface area contributed by atoms with Crippen LogP contribution < -0.4 is 10.1 Å². The van der Waals surface area contributed by atoms with Crippen LogP contribution in [0.5, 0.6) is 5.75 Å². The number of hydrogen-bond donors (Lipinski definition) is 2. The molecule has 4 nitrogen and oxygen atoms in total. The molecule has 2 heterocycles. The van der Waals surface area contributed by atoms with Crippen LogP contribution in [-0.4, -0.2) is 27.8 Å². The smallest absolute Gasteiger partial charge is 0.136 e. The summed E-state index contributed by atoms with van der Waals surface area (Å²) < 4.78 is 6.53. The highest BCUT2D eigenvalue weighted by Gasteiger charge is 2.47. The molecule has 0 amide bonds. The number of nitrogens with zero attached hydrogens (tertiary/aromatic N) is 1. The molecule has 2 N–H and O–H groups in total. The molecule has 0 bridgehead atoms. The molecule has 1 aromatic heterocycles. The highest BCUT2D eigenvalue weighted by molar-refractivity contribution is 6.30. The molecule has 0 saturated carbocycles. The van der Waals surface area contributed by atoms with E-state index in [0.29, 0.717) is 17.1 Å². The van der Waals surface area contributed by atoms with E-state index in [1.165, 1.54) is 0 Å². The molecule has 1 aromatic carbocycles. The van der Waals surface area contributed by atoms with Crippen molar-refractivity contribution in [3.63, 3.8) is 0 Å². The fourth-order valence-corrected chi connectivity index (χ4v) is 4.87. The lowest BCUT2D eigenvalue weighted by Gasteiger charge is -2.46. The van der Waals surface area contributed by atoms with Gasteiger partial charge >= 0.3 is 0 Å². The Labute approximate surface area is 186 Å². The Bertz CT molecular complexity index is 879. The number of aliphatic hydroxyl groups is 1. The Balaban J connectivity index is 2.09. The average Bonchev–Trinajstić information content (AvgIpc) is 2.72. The molecule has 1 aliphatic rings. The predicted octanol–water partition coefficient (Wildman–Crippen LogP) is 6.22. The Morgan fingerprint density at radius 2 is 1.83 bits per heavy atom. The fourth-order valence-electron chi connectivity index (χ4n) is 4.65. The second kappa shape index (κ2) is 9.42. The van der Waals surface area contributed by atoms with Crippen molar-refractivity contribution in [3.8, 4) is 5.75 Å². The summed E-state index contributed by atoms with van der Waals surface area (Å²) in [6.45, 7) is 13.0. The zero-order valence-corrected chi connectivity index (χ0v) is 20.0. The summed E-state index contributed by atoms with van der Waals surface area (Å²) in [5, 5.41) is 16.7. The normalized spacial score (nSPS) is 21.5. The van der Waals surface area contributed by atoms with Crippen LogP contribution in [-0.2, 0) is 6.42 Å². The van der Waals surface area contributed by atoms with Gasteiger partial charge in [0.1, 0.15) is 22.6 Å². The van der Waals surface area contributed by atoms with Crippen LogP contribution in [0.1, 0.15) is 84.4 Å². The van der Waals surface area contributed by atoms with Crippen molar-refractivity contribution in [2.45, 2.75) is 97.4 Å². The summed E-state index contributed by atoms with van der Waals surface area (Å²) in [6.07, 6.45) is 3.96. The minimum Gasteiger partial charge on any atom is -0.484 e. The first-order chi connectivity index (χ1) is 14.2. The standard InChI is InChI=1S/C25H37ClN2O2/c1-7-17-12-22(26)28-20-13-19-21(14-18(17)20)30-25(8-2,9-3)24(29)23(19)27-16(6)11-10-15(4)5/h12-16,23-24,27,29H,7-11H2,1-6H3/t16?,23-,24+/m0/s1. The van der Waals surface area contributed by atoms with Gasteiger partial charge in [0.05, 0.1) is 11.6 Å². The Kier molecular flexibility index (Phi) is 7.32. The van der Waals surface area contributed by atoms with Crippen molar-refractivity contribution in [3.05, 3.63) is 34.5 Å². The van der Waals surface area contributed by atoms with E-state index in [0.717, 1.165) is 59.9 Å². The van der Waals surface area contributed by atoms with Crippen LogP contribution in [0.3, 0.4) is 0 Å². The van der Waals surface area contributed by atoms with E-state index in [1.54, 1.807) is 0 Å². The van der Waals surface area contributed by atoms with Gasteiger partial charge < -0.3 is 15.2 Å². The lowest BCUT2D eigenvalue weighted by molar-refractivity contribution is -0.0935. The molecule has 0 radical (unpaired) electrons. The van der Waals surface area contributed by atoms with Gasteiger partial charge in [-0.25, -0.2) is 4.98 Å². The molecule has 3 atom stereocenters. The average molecular weight is 433 g/mol. The number of ether oxygens (including phenoxy) is 1. The van der Waals surface area contributed by atoms with E-state index < -0.39 is 11.7 Å². The summed E-state index contributed by atoms with van der Waals surface area (Å²) >= 11 is 6.29. The van der Waals surface area contributed by atoms with Gasteiger partial charge in [0, 0.05) is 17.0 Å². The van der Waals surface area contributed by atoms with Crippen LogP contribution in [0.25, 0.3) is 10.9 Å². The number of aromatic nitrogens is 1. The SMILES string of the molecule is CCc1cc(Cl)nc2cc3c(cc12)OC(CC)(CC)[C@H](O)[C@H]3NC(C)CCC(C)C. The molecular formula is C25H37ClN2O2. The quantitative estimate of drug-likeness (QED) is 0.486. The first-order valence-electron chi connectivity index (χ1n) is 11.5. The molecule has 166 valence electrons. The molecule has 3 rings (SSSR count). The van der Waals surface area contributed by atoms with Gasteiger partial charge in [-0.1, -0.05) is 46.2 Å². The lowest BCUT2D eigenvalue weighted by Crippen LogP contribution is -2.56. The fraction of sp³-hybridized carbons (Fsp3) is 0.640. The molecule has 0 fully saturated rings. The molecule has 5 heteroatoms. The molecule has 0 saturated heterocycles. The van der Waals surface area contributed by atoms with E-state index >= 15 is 0 Å². The number of halogens is 1. The molecule has 1 unspecified atom stereocenters. The van der Waals surface area contributed by atoms with E-state index in [9.17, 15) is 5.11 Å². The second-order valence-corrected chi connectivity index (χ2v) is 9.59. The Morgan fingerprint density at radius 1 is 1.13 bits per heavy atom. The molecule has 0 aliphatic carbocycles. The molecular weight excluding hydrogens is 396 g/mol. The minimum absolute atomic E-state index is 0.203. The highest BCUT2D eigenvalue weighted by Crippen LogP contribution is 2.45. The van der Waals surface area contributed by atoms with E-state index in [2.05, 4.69) is 64.0 Å². The maximum Gasteiger partial charge on any atom is 0.136 e. The highest BCUT2D eigenvalue weighted by atomic mass is 35.5. The number of hydrogen-bond acceptors (Lipinski definition) is 4. The number of nitrogens with one attached hydrogen (secondary N) is 1. The third-order valence-corrected chi connectivity index (χ3v) is 6.91. The zero-order valence-electron chi connectivity index (χ0n) is 19.3. The van der Waals surface area contributed by atoms with Gasteiger partial charge in [-0.3, -0.25) is 0 Å². The minimum atomic E-state index is -0.635. The lowest BCUT2D eigenvalue weighted by atomic mass is 9.80. The summed E-state index contributed by atoms with van der Waals surface area (Å²) in [4.78, 5) is 4.57. The number of aliphatic hydroxyl groups excluding tert-OH is 1. The Morgan fingerprint density at radius 3 is 2.43 bits per heavy atom. The Hall–Kier alpha value is -1.36. The first-order valence-corrected chi connectivity index (χ1v) is 11.9. The summed E-state index contributed by atoms with van der Waals surface area (Å²) in [5.41, 5.74) is 2.40. The molecule has 1 aliphatic heterocycles. The topological polar surface area (TPSA) is 54.4 Å². The maximum absolute atomic E-state index is 11.4. The monoisotopic (exact) mass is 432 g/mol. The van der Waals surface area contributed by atoms with Crippen molar-refractivity contribution in [1.29, 1.82) is 0 Å². The van der Waals surface area contributed by atoms with Crippen molar-refractivity contribution in [2.75, 3.05) is 0 Å². The summed E-state index contributed by atoms with van der Waals surface area (Å²) in [7, 11) is 0. The molecule has 0 spiro atoms. The van der Waals surface area contributed by atoms with Crippen molar-refractivity contribution < 1.29 is 9.84 Å². The van der Waals surface area contributed by atoms with E-state index in [1.807, 2.05) is 6.07 Å². The zero-order chi connectivity index (χ0) is 22.1. The number of pyridine rings is 1. The van der Waals surface area contributed by atoms with Crippen LogP contribution in [0.2, 0.25) is 5.15 Å². The van der Waals surface area contributed by atoms with E-state index in [4.69, 9.17) is 16.3 Å². The van der Waals surface area contributed by atoms with Crippen molar-refractivity contribution >= 4 is 22.5 Å². The third kappa shape index (κ3) is 4.46. The van der Waals surface area contributed by atoms with Gasteiger partial charge in [-0.15, -0.1) is 0 Å². The van der Waals surface area contributed by atoms with Crippen molar-refractivity contribution in [1.82, 2.24) is 10.3 Å². The summed E-state index contributed by atoms with van der Waals surface area (Å²) in [6, 6.07) is 6.18. The van der Waals surface area contributed by atoms with Gasteiger partial charge in [-0.05, 0) is 68.7 Å². The van der Waals surface area contributed by atoms with Gasteiger partial charge in [0.25, 0.3) is 0 Å². The number of fused-ring (bicyclic) bond motifs is 2. The van der Waals surface area contributed by atoms with Gasteiger partial charge in [-0.2, -0.15) is 0 Å². The van der Waals surface area contributed by atoms with Gasteiger partial charge in [0.2, 0.25) is 0 Å². The van der Waals surface area contributed by atoms with Crippen LogP contribution in [0, 0.1) is 5.92 Å².